The van der Waals surface area contributed by atoms with Gasteiger partial charge in [0.05, 0.1) is 0 Å². The van der Waals surface area contributed by atoms with Crippen LogP contribution in [-0.2, 0) is 0 Å². The molecular weight excluding hydrogens is 234 g/mol. The number of rotatable bonds is 2. The van der Waals surface area contributed by atoms with Gasteiger partial charge in [0.25, 0.3) is 0 Å². The Morgan fingerprint density at radius 1 is 1.12 bits per heavy atom. The third kappa shape index (κ3) is 2.86. The van der Waals surface area contributed by atoms with Crippen molar-refractivity contribution >= 4 is 23.5 Å². The number of nitrogens with zero attached hydrogens (tertiary/aromatic N) is 1. The lowest BCUT2D eigenvalue weighted by atomic mass is 10.2. The van der Waals surface area contributed by atoms with Crippen LogP contribution in [0.15, 0.2) is 48.5 Å². The summed E-state index contributed by atoms with van der Waals surface area (Å²) in [5, 5.41) is 12.6. The first-order valence-corrected chi connectivity index (χ1v) is 5.67. The summed E-state index contributed by atoms with van der Waals surface area (Å²) in [4.78, 5) is 0. The summed E-state index contributed by atoms with van der Waals surface area (Å²) in [5.74, 6) is 0. The Labute approximate surface area is 105 Å². The molecule has 0 fully saturated rings. The molecule has 17 heavy (non-hydrogen) atoms. The molecule has 2 nitrogen and oxygen atoms in total. The highest BCUT2D eigenvalue weighted by atomic mass is 35.5. The van der Waals surface area contributed by atoms with Crippen molar-refractivity contribution in [3.8, 4) is 0 Å². The minimum Gasteiger partial charge on any atom is -0.618 e. The fraction of sp³-hybridized carbons (Fsp3) is 0.0714. The first-order valence-electron chi connectivity index (χ1n) is 5.29. The monoisotopic (exact) mass is 245 g/mol. The van der Waals surface area contributed by atoms with Gasteiger partial charge in [-0.1, -0.05) is 35.9 Å². The number of halogens is 1. The molecule has 0 heterocycles. The maximum absolute atomic E-state index is 12.0. The van der Waals surface area contributed by atoms with Crippen LogP contribution < -0.4 is 0 Å². The van der Waals surface area contributed by atoms with Gasteiger partial charge in [0.2, 0.25) is 5.69 Å². The number of hydrogen-bond acceptors (Lipinski definition) is 1. The van der Waals surface area contributed by atoms with E-state index in [1.165, 1.54) is 6.21 Å². The highest BCUT2D eigenvalue weighted by Gasteiger charge is 2.05. The van der Waals surface area contributed by atoms with E-state index in [0.717, 1.165) is 15.9 Å². The lowest BCUT2D eigenvalue weighted by molar-refractivity contribution is -0.355. The van der Waals surface area contributed by atoms with Gasteiger partial charge < -0.3 is 5.21 Å². The molecule has 3 heteroatoms. The van der Waals surface area contributed by atoms with E-state index in [2.05, 4.69) is 0 Å². The molecular formula is C14H12ClNO. The fourth-order valence-electron chi connectivity index (χ4n) is 1.60. The summed E-state index contributed by atoms with van der Waals surface area (Å²) in [6, 6.07) is 14.7. The van der Waals surface area contributed by atoms with Crippen LogP contribution in [0.4, 0.5) is 5.69 Å². The van der Waals surface area contributed by atoms with E-state index >= 15 is 0 Å². The molecule has 0 N–H and O–H groups in total. The topological polar surface area (TPSA) is 26.1 Å². The molecule has 2 rings (SSSR count). The molecule has 2 aromatic carbocycles. The summed E-state index contributed by atoms with van der Waals surface area (Å²) in [6.45, 7) is 1.91. The predicted octanol–water partition coefficient (Wildman–Crippen LogP) is 3.91. The van der Waals surface area contributed by atoms with Gasteiger partial charge in [0.1, 0.15) is 0 Å². The highest BCUT2D eigenvalue weighted by Crippen LogP contribution is 2.17. The normalized spacial score (nSPS) is 11.5. The van der Waals surface area contributed by atoms with Crippen molar-refractivity contribution in [2.75, 3.05) is 0 Å². The van der Waals surface area contributed by atoms with Crippen molar-refractivity contribution in [3.63, 3.8) is 0 Å². The molecule has 0 aliphatic carbocycles. The van der Waals surface area contributed by atoms with E-state index in [4.69, 9.17) is 11.6 Å². The average molecular weight is 246 g/mol. The Kier molecular flexibility index (Phi) is 3.45. The van der Waals surface area contributed by atoms with Crippen LogP contribution in [0, 0.1) is 12.1 Å². The van der Waals surface area contributed by atoms with Crippen molar-refractivity contribution in [2.45, 2.75) is 6.92 Å². The minimum atomic E-state index is 0.622. The molecule has 0 radical (unpaired) electrons. The van der Waals surface area contributed by atoms with Gasteiger partial charge >= 0.3 is 0 Å². The SMILES string of the molecule is Cc1ccccc1[N+]([O-])=Cc1cccc(Cl)c1. The highest BCUT2D eigenvalue weighted by molar-refractivity contribution is 6.30. The summed E-state index contributed by atoms with van der Waals surface area (Å²) in [6.07, 6.45) is 1.52. The lowest BCUT2D eigenvalue weighted by Crippen LogP contribution is -2.00. The largest absolute Gasteiger partial charge is 0.618 e. The first kappa shape index (κ1) is 11.7. The zero-order valence-corrected chi connectivity index (χ0v) is 10.2. The maximum atomic E-state index is 12.0. The van der Waals surface area contributed by atoms with Gasteiger partial charge in [-0.15, -0.1) is 0 Å². The van der Waals surface area contributed by atoms with E-state index in [9.17, 15) is 5.21 Å². The molecule has 0 saturated heterocycles. The van der Waals surface area contributed by atoms with Crippen LogP contribution in [-0.4, -0.2) is 11.0 Å². The second-order valence-corrected chi connectivity index (χ2v) is 4.23. The van der Waals surface area contributed by atoms with E-state index in [0.29, 0.717) is 10.7 Å². The molecule has 0 aliphatic rings. The Bertz CT molecular complexity index is 564. The van der Waals surface area contributed by atoms with Gasteiger partial charge in [0.15, 0.2) is 6.21 Å². The second kappa shape index (κ2) is 5.02. The number of hydrogen-bond donors (Lipinski definition) is 0. The molecule has 0 atom stereocenters. The van der Waals surface area contributed by atoms with Crippen molar-refractivity contribution in [1.29, 1.82) is 0 Å². The molecule has 0 spiro atoms. The van der Waals surface area contributed by atoms with E-state index in [1.807, 2.05) is 37.3 Å². The standard InChI is InChI=1S/C14H12ClNO/c1-11-5-2-3-8-14(11)16(17)10-12-6-4-7-13(15)9-12/h2-10H,1H3. The van der Waals surface area contributed by atoms with Crippen LogP contribution in [0.3, 0.4) is 0 Å². The smallest absolute Gasteiger partial charge is 0.219 e. The third-order valence-electron chi connectivity index (χ3n) is 2.47. The van der Waals surface area contributed by atoms with Crippen molar-refractivity contribution in [3.05, 3.63) is 69.9 Å². The molecule has 0 unspecified atom stereocenters. The van der Waals surface area contributed by atoms with E-state index in [-0.39, 0.29) is 0 Å². The summed E-state index contributed by atoms with van der Waals surface area (Å²) < 4.78 is 0.862. The molecule has 0 amide bonds. The Morgan fingerprint density at radius 3 is 2.59 bits per heavy atom. The van der Waals surface area contributed by atoms with Gasteiger partial charge in [-0.25, -0.2) is 0 Å². The van der Waals surface area contributed by atoms with Gasteiger partial charge in [0, 0.05) is 22.2 Å². The van der Waals surface area contributed by atoms with Crippen LogP contribution >= 0.6 is 11.6 Å². The first-order chi connectivity index (χ1) is 8.16. The van der Waals surface area contributed by atoms with Crippen LogP contribution in [0.1, 0.15) is 11.1 Å². The van der Waals surface area contributed by atoms with E-state index in [1.54, 1.807) is 18.2 Å². The quantitative estimate of drug-likeness (QED) is 0.341. The Balaban J connectivity index is 2.38. The zero-order chi connectivity index (χ0) is 12.3. The second-order valence-electron chi connectivity index (χ2n) is 3.80. The third-order valence-corrected chi connectivity index (χ3v) is 2.70. The number of para-hydroxylation sites is 1. The number of benzene rings is 2. The molecule has 0 aliphatic heterocycles. The van der Waals surface area contributed by atoms with Crippen molar-refractivity contribution in [1.82, 2.24) is 0 Å². The number of aryl methyl sites for hydroxylation is 1. The average Bonchev–Trinajstić information content (AvgIpc) is 2.29. The summed E-state index contributed by atoms with van der Waals surface area (Å²) in [5.41, 5.74) is 2.38. The predicted molar refractivity (Wildman–Crippen MR) is 71.1 cm³/mol. The summed E-state index contributed by atoms with van der Waals surface area (Å²) >= 11 is 5.87. The van der Waals surface area contributed by atoms with E-state index < -0.39 is 0 Å². The minimum absolute atomic E-state index is 0.622. The zero-order valence-electron chi connectivity index (χ0n) is 9.43. The Morgan fingerprint density at radius 2 is 1.88 bits per heavy atom. The van der Waals surface area contributed by atoms with Gasteiger partial charge in [-0.05, 0) is 25.1 Å². The van der Waals surface area contributed by atoms with Crippen LogP contribution in [0.2, 0.25) is 5.02 Å². The molecule has 0 bridgehead atoms. The molecule has 0 saturated carbocycles. The van der Waals surface area contributed by atoms with Crippen LogP contribution in [0.5, 0.6) is 0 Å². The maximum Gasteiger partial charge on any atom is 0.219 e. The Hall–Kier alpha value is -1.80. The lowest BCUT2D eigenvalue weighted by Gasteiger charge is -2.05. The molecule has 0 aromatic heterocycles. The fourth-order valence-corrected chi connectivity index (χ4v) is 1.80. The molecule has 86 valence electrons. The van der Waals surface area contributed by atoms with Gasteiger partial charge in [-0.3, -0.25) is 0 Å². The summed E-state index contributed by atoms with van der Waals surface area (Å²) in [7, 11) is 0. The van der Waals surface area contributed by atoms with Crippen LogP contribution in [0.25, 0.3) is 0 Å². The van der Waals surface area contributed by atoms with Crippen molar-refractivity contribution < 1.29 is 4.74 Å². The van der Waals surface area contributed by atoms with Crippen molar-refractivity contribution in [2.24, 2.45) is 0 Å². The molecule has 2 aromatic rings. The van der Waals surface area contributed by atoms with Gasteiger partial charge in [-0.2, -0.15) is 4.74 Å².